The Labute approximate surface area is 152 Å². The largest absolute Gasteiger partial charge is 0.451 e. The molecule has 1 aromatic rings. The van der Waals surface area contributed by atoms with E-state index in [-0.39, 0.29) is 12.5 Å². The van der Waals surface area contributed by atoms with Crippen molar-refractivity contribution in [3.05, 3.63) is 28.8 Å². The molecule has 1 fully saturated rings. The Morgan fingerprint density at radius 3 is 2.84 bits per heavy atom. The molecule has 1 aliphatic heterocycles. The number of hydrogen-bond donors (Lipinski definition) is 1. The van der Waals surface area contributed by atoms with Crippen molar-refractivity contribution in [2.24, 2.45) is 0 Å². The summed E-state index contributed by atoms with van der Waals surface area (Å²) >= 11 is 6.02. The van der Waals surface area contributed by atoms with Crippen molar-refractivity contribution in [2.75, 3.05) is 18.4 Å². The van der Waals surface area contributed by atoms with E-state index in [4.69, 9.17) is 16.3 Å². The lowest BCUT2D eigenvalue weighted by Crippen LogP contribution is -2.38. The lowest BCUT2D eigenvalue weighted by Gasteiger charge is -2.21. The summed E-state index contributed by atoms with van der Waals surface area (Å²) in [6, 6.07) is 5.18. The van der Waals surface area contributed by atoms with Crippen molar-refractivity contribution in [3.8, 4) is 0 Å². The maximum atomic E-state index is 12.2. The van der Waals surface area contributed by atoms with Crippen molar-refractivity contribution in [3.63, 3.8) is 0 Å². The maximum Gasteiger partial charge on any atom is 0.326 e. The predicted molar refractivity (Wildman–Crippen MR) is 95.4 cm³/mol. The van der Waals surface area contributed by atoms with E-state index in [1.54, 1.807) is 25.1 Å². The summed E-state index contributed by atoms with van der Waals surface area (Å²) in [6.45, 7) is 3.72. The molecule has 25 heavy (non-hydrogen) atoms. The maximum absolute atomic E-state index is 12.2. The number of hydrogen-bond acceptors (Lipinski definition) is 4. The molecule has 0 radical (unpaired) electrons. The second kappa shape index (κ2) is 8.85. The zero-order valence-corrected chi connectivity index (χ0v) is 15.3. The van der Waals surface area contributed by atoms with Gasteiger partial charge in [0, 0.05) is 23.7 Å². The van der Waals surface area contributed by atoms with Crippen LogP contribution >= 0.6 is 11.6 Å². The first-order valence-corrected chi connectivity index (χ1v) is 8.79. The lowest BCUT2D eigenvalue weighted by atomic mass is 10.2. The molecule has 0 aliphatic carbocycles. The smallest absolute Gasteiger partial charge is 0.326 e. The molecule has 1 N–H and O–H groups in total. The molecular formula is C18H23ClN2O4. The molecule has 136 valence electrons. The monoisotopic (exact) mass is 366 g/mol. The molecule has 1 heterocycles. The summed E-state index contributed by atoms with van der Waals surface area (Å²) in [6.07, 6.45) is 2.20. The highest BCUT2D eigenvalue weighted by molar-refractivity contribution is 6.31. The second-order valence-corrected chi connectivity index (χ2v) is 6.57. The van der Waals surface area contributed by atoms with E-state index in [0.29, 0.717) is 23.7 Å². The fourth-order valence-electron chi connectivity index (χ4n) is 2.63. The average molecular weight is 367 g/mol. The second-order valence-electron chi connectivity index (χ2n) is 6.16. The minimum atomic E-state index is -0.965. The Morgan fingerprint density at radius 1 is 1.32 bits per heavy atom. The standard InChI is InChI=1S/C18H23ClN2O4/c1-12-14(19)7-6-8-15(12)20-18(24)13(2)25-17(23)11-21-10-5-3-4-9-16(21)22/h6-8,13H,3-5,9-11H2,1-2H3,(H,20,24)/t13-/m1/s1. The van der Waals surface area contributed by atoms with Gasteiger partial charge in [-0.25, -0.2) is 0 Å². The highest BCUT2D eigenvalue weighted by atomic mass is 35.5. The van der Waals surface area contributed by atoms with E-state index in [1.165, 1.54) is 11.8 Å². The Balaban J connectivity index is 1.88. The Morgan fingerprint density at radius 2 is 2.08 bits per heavy atom. The number of carbonyl (C=O) groups is 3. The molecule has 0 unspecified atom stereocenters. The molecule has 2 rings (SSSR count). The van der Waals surface area contributed by atoms with Crippen LogP contribution < -0.4 is 5.32 Å². The van der Waals surface area contributed by atoms with Crippen molar-refractivity contribution in [1.82, 2.24) is 4.90 Å². The summed E-state index contributed by atoms with van der Waals surface area (Å²) in [4.78, 5) is 37.7. The number of ether oxygens (including phenoxy) is 1. The Hall–Kier alpha value is -2.08. The molecule has 0 spiro atoms. The number of rotatable bonds is 5. The predicted octanol–water partition coefficient (Wildman–Crippen LogP) is 2.92. The number of nitrogens with zero attached hydrogens (tertiary/aromatic N) is 1. The van der Waals surface area contributed by atoms with Gasteiger partial charge in [-0.3, -0.25) is 14.4 Å². The number of esters is 1. The third kappa shape index (κ3) is 5.46. The zero-order valence-electron chi connectivity index (χ0n) is 14.5. The van der Waals surface area contributed by atoms with Crippen LogP contribution in [0.15, 0.2) is 18.2 Å². The van der Waals surface area contributed by atoms with Crippen LogP contribution in [0.5, 0.6) is 0 Å². The van der Waals surface area contributed by atoms with Crippen molar-refractivity contribution in [1.29, 1.82) is 0 Å². The molecule has 1 atom stereocenters. The normalized spacial score (nSPS) is 16.1. The van der Waals surface area contributed by atoms with Crippen LogP contribution in [0.4, 0.5) is 5.69 Å². The summed E-state index contributed by atoms with van der Waals surface area (Å²) in [5, 5.41) is 3.24. The molecule has 6 nitrogen and oxygen atoms in total. The number of amides is 2. The van der Waals surface area contributed by atoms with Gasteiger partial charge in [0.25, 0.3) is 5.91 Å². The van der Waals surface area contributed by atoms with Gasteiger partial charge < -0.3 is 15.0 Å². The number of benzene rings is 1. The minimum absolute atomic E-state index is 0.0406. The molecule has 0 aromatic heterocycles. The first-order chi connectivity index (χ1) is 11.9. The van der Waals surface area contributed by atoms with Crippen molar-refractivity contribution >= 4 is 35.1 Å². The third-order valence-electron chi connectivity index (χ3n) is 4.19. The van der Waals surface area contributed by atoms with Crippen LogP contribution in [0.1, 0.15) is 38.2 Å². The number of anilines is 1. The van der Waals surface area contributed by atoms with Crippen molar-refractivity contribution < 1.29 is 19.1 Å². The van der Waals surface area contributed by atoms with Gasteiger partial charge in [-0.15, -0.1) is 0 Å². The van der Waals surface area contributed by atoms with Gasteiger partial charge in [0.1, 0.15) is 6.54 Å². The first-order valence-electron chi connectivity index (χ1n) is 8.41. The lowest BCUT2D eigenvalue weighted by molar-refractivity contribution is -0.156. The Kier molecular flexibility index (Phi) is 6.82. The molecule has 0 bridgehead atoms. The van der Waals surface area contributed by atoms with E-state index < -0.39 is 18.0 Å². The fourth-order valence-corrected chi connectivity index (χ4v) is 2.80. The number of likely N-dealkylation sites (tertiary alicyclic amines) is 1. The molecule has 1 aromatic carbocycles. The molecule has 1 saturated heterocycles. The topological polar surface area (TPSA) is 75.7 Å². The molecule has 7 heteroatoms. The van der Waals surface area contributed by atoms with Crippen LogP contribution in [0, 0.1) is 6.92 Å². The number of nitrogens with one attached hydrogen (secondary N) is 1. The van der Waals surface area contributed by atoms with Gasteiger partial charge >= 0.3 is 5.97 Å². The summed E-state index contributed by atoms with van der Waals surface area (Å²) < 4.78 is 5.17. The van der Waals surface area contributed by atoms with Gasteiger partial charge in [-0.2, -0.15) is 0 Å². The molecular weight excluding hydrogens is 344 g/mol. The number of carbonyl (C=O) groups excluding carboxylic acids is 3. The van der Waals surface area contributed by atoms with Gasteiger partial charge in [0.15, 0.2) is 6.10 Å². The van der Waals surface area contributed by atoms with Crippen LogP contribution in [0.3, 0.4) is 0 Å². The van der Waals surface area contributed by atoms with E-state index in [0.717, 1.165) is 24.8 Å². The number of halogens is 1. The van der Waals surface area contributed by atoms with E-state index >= 15 is 0 Å². The first kappa shape index (κ1) is 19.2. The molecule has 0 saturated carbocycles. The minimum Gasteiger partial charge on any atom is -0.451 e. The van der Waals surface area contributed by atoms with Gasteiger partial charge in [0.2, 0.25) is 5.91 Å². The van der Waals surface area contributed by atoms with Gasteiger partial charge in [-0.05, 0) is 44.4 Å². The average Bonchev–Trinajstić information content (AvgIpc) is 2.76. The summed E-state index contributed by atoms with van der Waals surface area (Å²) in [7, 11) is 0. The SMILES string of the molecule is Cc1c(Cl)cccc1NC(=O)[C@@H](C)OC(=O)CN1CCCCCC1=O. The summed E-state index contributed by atoms with van der Waals surface area (Å²) in [5.74, 6) is -1.07. The van der Waals surface area contributed by atoms with Crippen LogP contribution in [-0.2, 0) is 19.1 Å². The van der Waals surface area contributed by atoms with Crippen molar-refractivity contribution in [2.45, 2.75) is 45.6 Å². The quantitative estimate of drug-likeness (QED) is 0.813. The fraction of sp³-hybridized carbons (Fsp3) is 0.500. The zero-order chi connectivity index (χ0) is 18.4. The third-order valence-corrected chi connectivity index (χ3v) is 4.60. The Bertz CT molecular complexity index is 662. The van der Waals surface area contributed by atoms with Gasteiger partial charge in [0.05, 0.1) is 0 Å². The van der Waals surface area contributed by atoms with E-state index in [9.17, 15) is 14.4 Å². The van der Waals surface area contributed by atoms with Crippen LogP contribution in [-0.4, -0.2) is 41.9 Å². The molecule has 2 amide bonds. The summed E-state index contributed by atoms with van der Waals surface area (Å²) in [5.41, 5.74) is 1.31. The highest BCUT2D eigenvalue weighted by Gasteiger charge is 2.23. The van der Waals surface area contributed by atoms with Gasteiger partial charge in [-0.1, -0.05) is 24.1 Å². The van der Waals surface area contributed by atoms with Crippen LogP contribution in [0.25, 0.3) is 0 Å². The van der Waals surface area contributed by atoms with E-state index in [2.05, 4.69) is 5.32 Å². The van der Waals surface area contributed by atoms with Crippen LogP contribution in [0.2, 0.25) is 5.02 Å². The molecule has 1 aliphatic rings. The van der Waals surface area contributed by atoms with E-state index in [1.807, 2.05) is 0 Å². The highest BCUT2D eigenvalue weighted by Crippen LogP contribution is 2.23.